The van der Waals surface area contributed by atoms with Gasteiger partial charge in [-0.3, -0.25) is 0 Å². The van der Waals surface area contributed by atoms with E-state index in [9.17, 15) is 0 Å². The molecule has 1 atom stereocenters. The van der Waals surface area contributed by atoms with E-state index < -0.39 is 0 Å². The smallest absolute Gasteiger partial charge is 0.258 e. The van der Waals surface area contributed by atoms with Crippen molar-refractivity contribution in [3.05, 3.63) is 42.3 Å². The number of ether oxygens (including phenoxy) is 2. The largest absolute Gasteiger partial charge is 0.490 e. The van der Waals surface area contributed by atoms with Crippen molar-refractivity contribution in [2.75, 3.05) is 32.8 Å². The van der Waals surface area contributed by atoms with E-state index in [0.29, 0.717) is 36.6 Å². The lowest BCUT2D eigenvalue weighted by molar-refractivity contribution is 0.288. The highest BCUT2D eigenvalue weighted by molar-refractivity contribution is 5.72. The fraction of sp³-hybridized carbons (Fsp3) is 0.478. The van der Waals surface area contributed by atoms with Crippen LogP contribution in [0.25, 0.3) is 17.0 Å². The lowest BCUT2D eigenvalue weighted by Gasteiger charge is -2.22. The molecule has 6 heteroatoms. The standard InChI is InChI=1S/C23H29N3O3/c1-3-27-20-11-10-19(15-21(20)28-4-2)23-24-22(25-29-23)18-9-7-8-17(14-18)16-26-12-5-6-13-26/h7,9-11,14-15,17H,3-6,8,12-13,16H2,1-2H3. The van der Waals surface area contributed by atoms with Crippen molar-refractivity contribution in [2.24, 2.45) is 5.92 Å². The predicted molar refractivity (Wildman–Crippen MR) is 113 cm³/mol. The Labute approximate surface area is 172 Å². The molecule has 0 spiro atoms. The van der Waals surface area contributed by atoms with Crippen LogP contribution in [0.5, 0.6) is 11.5 Å². The van der Waals surface area contributed by atoms with Crippen LogP contribution in [0.2, 0.25) is 0 Å². The van der Waals surface area contributed by atoms with Crippen molar-refractivity contribution in [3.63, 3.8) is 0 Å². The molecule has 1 aliphatic heterocycles. The van der Waals surface area contributed by atoms with Crippen molar-refractivity contribution in [1.29, 1.82) is 0 Å². The van der Waals surface area contributed by atoms with Gasteiger partial charge < -0.3 is 18.9 Å². The van der Waals surface area contributed by atoms with Crippen LogP contribution in [-0.2, 0) is 0 Å². The molecule has 2 aromatic rings. The number of allylic oxidation sites excluding steroid dienone is 3. The van der Waals surface area contributed by atoms with Crippen molar-refractivity contribution in [1.82, 2.24) is 15.0 Å². The average molecular weight is 396 g/mol. The molecular formula is C23H29N3O3. The number of hydrogen-bond acceptors (Lipinski definition) is 6. The number of rotatable bonds is 8. The molecule has 1 aromatic carbocycles. The molecule has 0 N–H and O–H groups in total. The summed E-state index contributed by atoms with van der Waals surface area (Å²) in [6.07, 6.45) is 10.3. The summed E-state index contributed by atoms with van der Waals surface area (Å²) in [5.74, 6) is 3.04. The zero-order chi connectivity index (χ0) is 20.1. The van der Waals surface area contributed by atoms with Gasteiger partial charge in [-0.05, 0) is 70.3 Å². The van der Waals surface area contributed by atoms with Gasteiger partial charge in [0.25, 0.3) is 5.89 Å². The predicted octanol–water partition coefficient (Wildman–Crippen LogP) is 4.59. The third-order valence-electron chi connectivity index (χ3n) is 5.32. The maximum atomic E-state index is 5.71. The van der Waals surface area contributed by atoms with Crippen LogP contribution in [0.3, 0.4) is 0 Å². The quantitative estimate of drug-likeness (QED) is 0.652. The van der Waals surface area contributed by atoms with E-state index in [2.05, 4.69) is 33.3 Å². The fourth-order valence-corrected chi connectivity index (χ4v) is 3.96. The van der Waals surface area contributed by atoms with Gasteiger partial charge in [-0.2, -0.15) is 4.98 Å². The first kappa shape index (κ1) is 19.7. The van der Waals surface area contributed by atoms with E-state index in [0.717, 1.165) is 29.9 Å². The third kappa shape index (κ3) is 4.70. The Kier molecular flexibility index (Phi) is 6.30. The second kappa shape index (κ2) is 9.27. The first-order chi connectivity index (χ1) is 14.3. The minimum atomic E-state index is 0.486. The summed E-state index contributed by atoms with van der Waals surface area (Å²) in [7, 11) is 0. The van der Waals surface area contributed by atoms with Crippen LogP contribution in [0.1, 0.15) is 38.9 Å². The normalized spacial score (nSPS) is 19.4. The molecule has 0 amide bonds. The molecule has 1 fully saturated rings. The van der Waals surface area contributed by atoms with E-state index in [1.54, 1.807) is 0 Å². The monoisotopic (exact) mass is 395 g/mol. The first-order valence-electron chi connectivity index (χ1n) is 10.6. The molecular weight excluding hydrogens is 366 g/mol. The van der Waals surface area contributed by atoms with Gasteiger partial charge in [0, 0.05) is 17.7 Å². The van der Waals surface area contributed by atoms with E-state index in [4.69, 9.17) is 14.0 Å². The molecule has 1 aromatic heterocycles. The van der Waals surface area contributed by atoms with Crippen LogP contribution in [0, 0.1) is 5.92 Å². The fourth-order valence-electron chi connectivity index (χ4n) is 3.96. The molecule has 2 aliphatic rings. The van der Waals surface area contributed by atoms with Gasteiger partial charge in [-0.1, -0.05) is 23.4 Å². The molecule has 154 valence electrons. The third-order valence-corrected chi connectivity index (χ3v) is 5.32. The van der Waals surface area contributed by atoms with Crippen molar-refractivity contribution in [3.8, 4) is 23.0 Å². The molecule has 0 bridgehead atoms. The number of nitrogens with zero attached hydrogens (tertiary/aromatic N) is 3. The Balaban J connectivity index is 1.52. The average Bonchev–Trinajstić information content (AvgIpc) is 3.42. The second-order valence-electron chi connectivity index (χ2n) is 7.48. The lowest BCUT2D eigenvalue weighted by atomic mass is 9.95. The van der Waals surface area contributed by atoms with Gasteiger partial charge in [0.2, 0.25) is 5.82 Å². The van der Waals surface area contributed by atoms with Gasteiger partial charge in [0.05, 0.1) is 13.2 Å². The Hall–Kier alpha value is -2.60. The van der Waals surface area contributed by atoms with Gasteiger partial charge in [-0.25, -0.2) is 0 Å². The number of benzene rings is 1. The summed E-state index contributed by atoms with van der Waals surface area (Å²) >= 11 is 0. The lowest BCUT2D eigenvalue weighted by Crippen LogP contribution is -2.26. The molecule has 1 unspecified atom stereocenters. The summed E-state index contributed by atoms with van der Waals surface area (Å²) in [5, 5.41) is 4.23. The highest BCUT2D eigenvalue weighted by atomic mass is 16.5. The van der Waals surface area contributed by atoms with Gasteiger partial charge in [0.1, 0.15) is 0 Å². The topological polar surface area (TPSA) is 60.6 Å². The molecule has 6 nitrogen and oxygen atoms in total. The summed E-state index contributed by atoms with van der Waals surface area (Å²) in [6, 6.07) is 5.71. The van der Waals surface area contributed by atoms with E-state index in [-0.39, 0.29) is 0 Å². The second-order valence-corrected chi connectivity index (χ2v) is 7.48. The zero-order valence-corrected chi connectivity index (χ0v) is 17.3. The minimum Gasteiger partial charge on any atom is -0.490 e. The van der Waals surface area contributed by atoms with E-state index in [1.165, 1.54) is 25.9 Å². The van der Waals surface area contributed by atoms with Crippen molar-refractivity contribution < 1.29 is 14.0 Å². The van der Waals surface area contributed by atoms with Gasteiger partial charge >= 0.3 is 0 Å². The van der Waals surface area contributed by atoms with Crippen LogP contribution in [0.15, 0.2) is 41.0 Å². The highest BCUT2D eigenvalue weighted by Crippen LogP contribution is 2.33. The Morgan fingerprint density at radius 1 is 1.10 bits per heavy atom. The molecule has 1 aliphatic carbocycles. The summed E-state index contributed by atoms with van der Waals surface area (Å²) in [4.78, 5) is 7.19. The molecule has 1 saturated heterocycles. The number of likely N-dealkylation sites (tertiary alicyclic amines) is 1. The van der Waals surface area contributed by atoms with E-state index >= 15 is 0 Å². The van der Waals surface area contributed by atoms with Crippen LogP contribution in [0.4, 0.5) is 0 Å². The summed E-state index contributed by atoms with van der Waals surface area (Å²) < 4.78 is 16.9. The summed E-state index contributed by atoms with van der Waals surface area (Å²) in [6.45, 7) is 8.60. The van der Waals surface area contributed by atoms with Crippen LogP contribution >= 0.6 is 0 Å². The van der Waals surface area contributed by atoms with Crippen molar-refractivity contribution in [2.45, 2.75) is 33.1 Å². The maximum absolute atomic E-state index is 5.71. The van der Waals surface area contributed by atoms with Crippen molar-refractivity contribution >= 4 is 5.57 Å². The number of aromatic nitrogens is 2. The van der Waals surface area contributed by atoms with Gasteiger partial charge in [0.15, 0.2) is 11.5 Å². The maximum Gasteiger partial charge on any atom is 0.258 e. The Morgan fingerprint density at radius 2 is 1.90 bits per heavy atom. The molecule has 2 heterocycles. The molecule has 0 radical (unpaired) electrons. The zero-order valence-electron chi connectivity index (χ0n) is 17.3. The van der Waals surface area contributed by atoms with Crippen LogP contribution in [-0.4, -0.2) is 47.9 Å². The highest BCUT2D eigenvalue weighted by Gasteiger charge is 2.20. The molecule has 4 rings (SSSR count). The minimum absolute atomic E-state index is 0.486. The van der Waals surface area contributed by atoms with Gasteiger partial charge in [-0.15, -0.1) is 0 Å². The molecule has 0 saturated carbocycles. The summed E-state index contributed by atoms with van der Waals surface area (Å²) in [5.41, 5.74) is 1.86. The van der Waals surface area contributed by atoms with Crippen LogP contribution < -0.4 is 9.47 Å². The Morgan fingerprint density at radius 3 is 2.69 bits per heavy atom. The SMILES string of the molecule is CCOc1ccc(-c2nc(C3=CC(CN4CCCC4)CC=C3)no2)cc1OCC. The molecule has 29 heavy (non-hydrogen) atoms. The van der Waals surface area contributed by atoms with E-state index in [1.807, 2.05) is 32.0 Å². The number of hydrogen-bond donors (Lipinski definition) is 0. The Bertz CT molecular complexity index is 881. The first-order valence-corrected chi connectivity index (χ1v) is 10.6.